The Bertz CT molecular complexity index is 707. The fourth-order valence-corrected chi connectivity index (χ4v) is 1.64. The standard InChI is InChI=1S/C14H10F2N2O4/c15-10-6-11(16)13(18(20)21)7-12(10)17-14(19)22-8-9-4-2-1-3-5-9/h1-7H,8H2,(H,17,19). The maximum absolute atomic E-state index is 13.5. The summed E-state index contributed by atoms with van der Waals surface area (Å²) in [7, 11) is 0. The van der Waals surface area contributed by atoms with Gasteiger partial charge in [-0.25, -0.2) is 9.18 Å². The maximum atomic E-state index is 13.5. The summed E-state index contributed by atoms with van der Waals surface area (Å²) >= 11 is 0. The zero-order valence-electron chi connectivity index (χ0n) is 11.1. The summed E-state index contributed by atoms with van der Waals surface area (Å²) in [6.07, 6.45) is -1.01. The number of halogens is 2. The molecule has 0 aliphatic heterocycles. The third-order valence-corrected chi connectivity index (χ3v) is 2.68. The fraction of sp³-hybridized carbons (Fsp3) is 0.0714. The molecule has 6 nitrogen and oxygen atoms in total. The van der Waals surface area contributed by atoms with E-state index in [0.717, 1.165) is 0 Å². The molecular formula is C14H10F2N2O4. The minimum Gasteiger partial charge on any atom is -0.444 e. The van der Waals surface area contributed by atoms with Crippen LogP contribution >= 0.6 is 0 Å². The van der Waals surface area contributed by atoms with Crippen LogP contribution in [0.5, 0.6) is 0 Å². The highest BCUT2D eigenvalue weighted by Gasteiger charge is 2.20. The largest absolute Gasteiger partial charge is 0.444 e. The predicted molar refractivity (Wildman–Crippen MR) is 73.3 cm³/mol. The summed E-state index contributed by atoms with van der Waals surface area (Å²) in [5.41, 5.74) is -0.769. The molecular weight excluding hydrogens is 298 g/mol. The molecule has 0 heterocycles. The van der Waals surface area contributed by atoms with E-state index >= 15 is 0 Å². The van der Waals surface area contributed by atoms with Crippen LogP contribution in [0.3, 0.4) is 0 Å². The lowest BCUT2D eigenvalue weighted by Gasteiger charge is -2.08. The SMILES string of the molecule is O=C(Nc1cc([N+](=O)[O-])c(F)cc1F)OCc1ccccc1. The molecule has 22 heavy (non-hydrogen) atoms. The van der Waals surface area contributed by atoms with E-state index in [0.29, 0.717) is 17.7 Å². The van der Waals surface area contributed by atoms with Crippen LogP contribution in [0.2, 0.25) is 0 Å². The number of nitrogens with zero attached hydrogens (tertiary/aromatic N) is 1. The third-order valence-electron chi connectivity index (χ3n) is 2.68. The van der Waals surface area contributed by atoms with Crippen molar-refractivity contribution in [3.05, 3.63) is 69.8 Å². The molecule has 0 aliphatic carbocycles. The van der Waals surface area contributed by atoms with Crippen molar-refractivity contribution in [1.29, 1.82) is 0 Å². The molecule has 1 amide bonds. The topological polar surface area (TPSA) is 81.5 Å². The highest BCUT2D eigenvalue weighted by molar-refractivity contribution is 5.85. The molecule has 0 aromatic heterocycles. The Labute approximate surface area is 123 Å². The quantitative estimate of drug-likeness (QED) is 0.691. The molecule has 0 unspecified atom stereocenters. The highest BCUT2D eigenvalue weighted by Crippen LogP contribution is 2.25. The second kappa shape index (κ2) is 6.61. The number of carbonyl (C=O) groups excluding carboxylic acids is 1. The van der Waals surface area contributed by atoms with E-state index in [1.54, 1.807) is 30.3 Å². The van der Waals surface area contributed by atoms with Gasteiger partial charge in [-0.1, -0.05) is 30.3 Å². The first-order chi connectivity index (χ1) is 10.5. The zero-order valence-corrected chi connectivity index (χ0v) is 11.1. The first kappa shape index (κ1) is 15.4. The van der Waals surface area contributed by atoms with Gasteiger partial charge in [-0.2, -0.15) is 4.39 Å². The summed E-state index contributed by atoms with van der Waals surface area (Å²) in [6.45, 7) is -0.0580. The van der Waals surface area contributed by atoms with Gasteiger partial charge in [0.25, 0.3) is 0 Å². The smallest absolute Gasteiger partial charge is 0.412 e. The van der Waals surface area contributed by atoms with Crippen LogP contribution in [-0.4, -0.2) is 11.0 Å². The number of benzene rings is 2. The Kier molecular flexibility index (Phi) is 4.62. The van der Waals surface area contributed by atoms with Gasteiger partial charge in [0.2, 0.25) is 5.82 Å². The van der Waals surface area contributed by atoms with Crippen molar-refractivity contribution >= 4 is 17.5 Å². The number of hydrogen-bond acceptors (Lipinski definition) is 4. The number of nitro benzene ring substituents is 1. The molecule has 2 aromatic rings. The molecule has 8 heteroatoms. The van der Waals surface area contributed by atoms with Gasteiger partial charge in [0.15, 0.2) is 0 Å². The number of rotatable bonds is 4. The first-order valence-electron chi connectivity index (χ1n) is 6.08. The number of nitro groups is 1. The van der Waals surface area contributed by atoms with Crippen molar-refractivity contribution in [2.24, 2.45) is 0 Å². The average molecular weight is 308 g/mol. The number of carbonyl (C=O) groups is 1. The van der Waals surface area contributed by atoms with Gasteiger partial charge in [-0.15, -0.1) is 0 Å². The summed E-state index contributed by atoms with van der Waals surface area (Å²) in [4.78, 5) is 21.1. The molecule has 1 N–H and O–H groups in total. The lowest BCUT2D eigenvalue weighted by Crippen LogP contribution is -2.15. The van der Waals surface area contributed by atoms with Crippen LogP contribution in [0.4, 0.5) is 25.0 Å². The predicted octanol–water partition coefficient (Wildman–Crippen LogP) is 3.62. The monoisotopic (exact) mass is 308 g/mol. The molecule has 0 spiro atoms. The van der Waals surface area contributed by atoms with Crippen LogP contribution < -0.4 is 5.32 Å². The van der Waals surface area contributed by atoms with Gasteiger partial charge in [0.1, 0.15) is 12.4 Å². The van der Waals surface area contributed by atoms with Crippen molar-refractivity contribution in [2.75, 3.05) is 5.32 Å². The Morgan fingerprint density at radius 1 is 1.18 bits per heavy atom. The Morgan fingerprint density at radius 2 is 1.86 bits per heavy atom. The Balaban J connectivity index is 2.05. The molecule has 0 atom stereocenters. The van der Waals surface area contributed by atoms with Crippen LogP contribution in [0.15, 0.2) is 42.5 Å². The minimum atomic E-state index is -1.33. The fourth-order valence-electron chi connectivity index (χ4n) is 1.64. The van der Waals surface area contributed by atoms with E-state index in [2.05, 4.69) is 0 Å². The average Bonchev–Trinajstić information content (AvgIpc) is 2.48. The summed E-state index contributed by atoms with van der Waals surface area (Å²) in [6, 6.07) is 9.64. The van der Waals surface area contributed by atoms with Crippen molar-refractivity contribution in [2.45, 2.75) is 6.61 Å². The van der Waals surface area contributed by atoms with E-state index in [4.69, 9.17) is 4.74 Å². The number of anilines is 1. The van der Waals surface area contributed by atoms with Crippen LogP contribution in [0.25, 0.3) is 0 Å². The first-order valence-corrected chi connectivity index (χ1v) is 6.08. The Morgan fingerprint density at radius 3 is 2.50 bits per heavy atom. The molecule has 0 saturated carbocycles. The number of hydrogen-bond donors (Lipinski definition) is 1. The molecule has 2 rings (SSSR count). The number of ether oxygens (including phenoxy) is 1. The van der Waals surface area contributed by atoms with Crippen molar-refractivity contribution in [1.82, 2.24) is 0 Å². The molecule has 0 fully saturated rings. The highest BCUT2D eigenvalue weighted by atomic mass is 19.1. The van der Waals surface area contributed by atoms with Gasteiger partial charge in [-0.3, -0.25) is 15.4 Å². The summed E-state index contributed by atoms with van der Waals surface area (Å²) in [5.74, 6) is -2.47. The molecule has 114 valence electrons. The number of nitrogens with one attached hydrogen (secondary N) is 1. The van der Waals surface area contributed by atoms with Gasteiger partial charge in [0.05, 0.1) is 10.6 Å². The lowest BCUT2D eigenvalue weighted by atomic mass is 10.2. The van der Waals surface area contributed by atoms with Crippen LogP contribution in [-0.2, 0) is 11.3 Å². The van der Waals surface area contributed by atoms with E-state index in [1.165, 1.54) is 0 Å². The second-order valence-electron chi connectivity index (χ2n) is 4.23. The van der Waals surface area contributed by atoms with Crippen LogP contribution in [0.1, 0.15) is 5.56 Å². The van der Waals surface area contributed by atoms with Crippen molar-refractivity contribution < 1.29 is 23.2 Å². The molecule has 0 saturated heterocycles. The van der Waals surface area contributed by atoms with Crippen molar-refractivity contribution in [3.63, 3.8) is 0 Å². The summed E-state index contributed by atoms with van der Waals surface area (Å²) in [5, 5.41) is 12.6. The van der Waals surface area contributed by atoms with E-state index in [1.807, 2.05) is 5.32 Å². The third kappa shape index (κ3) is 3.75. The molecule has 2 aromatic carbocycles. The molecule has 0 bridgehead atoms. The summed E-state index contributed by atoms with van der Waals surface area (Å²) < 4.78 is 31.5. The lowest BCUT2D eigenvalue weighted by molar-refractivity contribution is -0.387. The Hall–Kier alpha value is -3.03. The van der Waals surface area contributed by atoms with Gasteiger partial charge in [-0.05, 0) is 5.56 Å². The van der Waals surface area contributed by atoms with E-state index in [-0.39, 0.29) is 6.61 Å². The van der Waals surface area contributed by atoms with Crippen molar-refractivity contribution in [3.8, 4) is 0 Å². The van der Waals surface area contributed by atoms with Gasteiger partial charge >= 0.3 is 11.8 Å². The van der Waals surface area contributed by atoms with Gasteiger partial charge in [0, 0.05) is 12.1 Å². The minimum absolute atomic E-state index is 0.0580. The van der Waals surface area contributed by atoms with E-state index < -0.39 is 34.0 Å². The second-order valence-corrected chi connectivity index (χ2v) is 4.23. The molecule has 0 aliphatic rings. The molecule has 0 radical (unpaired) electrons. The maximum Gasteiger partial charge on any atom is 0.412 e. The van der Waals surface area contributed by atoms with Gasteiger partial charge < -0.3 is 4.74 Å². The zero-order chi connectivity index (χ0) is 16.1. The van der Waals surface area contributed by atoms with E-state index in [9.17, 15) is 23.7 Å². The van der Waals surface area contributed by atoms with Crippen LogP contribution in [0, 0.1) is 21.7 Å². The number of amides is 1. The normalized spacial score (nSPS) is 10.1.